The van der Waals surface area contributed by atoms with Crippen molar-refractivity contribution < 1.29 is 0 Å². The fourth-order valence-electron chi connectivity index (χ4n) is 1.25. The minimum Gasteiger partial charge on any atom is -0.0882 e. The van der Waals surface area contributed by atoms with Gasteiger partial charge >= 0.3 is 0 Å². The van der Waals surface area contributed by atoms with E-state index in [1.807, 2.05) is 0 Å². The van der Waals surface area contributed by atoms with Gasteiger partial charge in [0.05, 0.1) is 0 Å². The maximum atomic E-state index is 2.30. The molecular weight excluding hydrogens is 120 g/mol. The Morgan fingerprint density at radius 2 is 1.90 bits per heavy atom. The summed E-state index contributed by atoms with van der Waals surface area (Å²) in [5.74, 6) is 0. The van der Waals surface area contributed by atoms with Gasteiger partial charge < -0.3 is 0 Å². The smallest absolute Gasteiger partial charge is 0.0139 e. The van der Waals surface area contributed by atoms with E-state index in [2.05, 4.69) is 26.0 Å². The van der Waals surface area contributed by atoms with Gasteiger partial charge in [0.15, 0.2) is 0 Å². The molecule has 0 aromatic rings. The molecule has 10 heavy (non-hydrogen) atoms. The van der Waals surface area contributed by atoms with E-state index < -0.39 is 0 Å². The van der Waals surface area contributed by atoms with Crippen LogP contribution in [-0.2, 0) is 0 Å². The lowest BCUT2D eigenvalue weighted by atomic mass is 10.00. The minimum absolute atomic E-state index is 1.17. The molecular formula is C10H16. The van der Waals surface area contributed by atoms with Gasteiger partial charge in [-0.2, -0.15) is 0 Å². The Labute approximate surface area is 63.6 Å². The summed E-state index contributed by atoms with van der Waals surface area (Å²) >= 11 is 0. The van der Waals surface area contributed by atoms with Gasteiger partial charge in [-0.25, -0.2) is 0 Å². The van der Waals surface area contributed by atoms with Gasteiger partial charge in [0, 0.05) is 0 Å². The summed E-state index contributed by atoms with van der Waals surface area (Å²) in [5.41, 5.74) is 3.17. The van der Waals surface area contributed by atoms with Crippen LogP contribution in [0.3, 0.4) is 0 Å². The average Bonchev–Trinajstić information content (AvgIpc) is 1.92. The van der Waals surface area contributed by atoms with Crippen LogP contribution in [0, 0.1) is 0 Å². The van der Waals surface area contributed by atoms with Gasteiger partial charge in [0.1, 0.15) is 0 Å². The van der Waals surface area contributed by atoms with Crippen LogP contribution < -0.4 is 0 Å². The predicted molar refractivity (Wildman–Crippen MR) is 46.0 cm³/mol. The molecule has 0 aromatic heterocycles. The zero-order chi connectivity index (χ0) is 7.40. The van der Waals surface area contributed by atoms with E-state index in [0.717, 1.165) is 0 Å². The van der Waals surface area contributed by atoms with Crippen molar-refractivity contribution in [1.82, 2.24) is 0 Å². The molecule has 0 N–H and O–H groups in total. The van der Waals surface area contributed by atoms with E-state index in [-0.39, 0.29) is 0 Å². The van der Waals surface area contributed by atoms with Gasteiger partial charge in [-0.15, -0.1) is 0 Å². The second-order valence-corrected chi connectivity index (χ2v) is 3.13. The summed E-state index contributed by atoms with van der Waals surface area (Å²) in [4.78, 5) is 0. The average molecular weight is 136 g/mol. The molecule has 1 aliphatic rings. The maximum absolute atomic E-state index is 2.30. The highest BCUT2D eigenvalue weighted by molar-refractivity contribution is 5.14. The molecule has 1 rings (SSSR count). The van der Waals surface area contributed by atoms with Crippen molar-refractivity contribution >= 4 is 0 Å². The number of hydrogen-bond acceptors (Lipinski definition) is 0. The van der Waals surface area contributed by atoms with Gasteiger partial charge in [0.2, 0.25) is 0 Å². The van der Waals surface area contributed by atoms with Crippen LogP contribution in [0.1, 0.15) is 39.5 Å². The first-order valence-electron chi connectivity index (χ1n) is 4.11. The summed E-state index contributed by atoms with van der Waals surface area (Å²) in [6.45, 7) is 4.50. The standard InChI is InChI=1S/C10H16/c1-9-7-5-3-4-6-8-10(9)2/h3,5H,4,6-8H2,1-2H3/b5-3-,10-9-. The van der Waals surface area contributed by atoms with Crippen molar-refractivity contribution in [3.05, 3.63) is 23.3 Å². The maximum Gasteiger partial charge on any atom is -0.0139 e. The lowest BCUT2D eigenvalue weighted by Gasteiger charge is -2.07. The molecule has 0 saturated carbocycles. The summed E-state index contributed by atoms with van der Waals surface area (Å²) in [6.07, 6.45) is 9.67. The molecule has 0 spiro atoms. The van der Waals surface area contributed by atoms with Gasteiger partial charge in [-0.3, -0.25) is 0 Å². The molecule has 0 unspecified atom stereocenters. The molecule has 0 saturated heterocycles. The first-order chi connectivity index (χ1) is 4.80. The number of allylic oxidation sites excluding steroid dienone is 4. The zero-order valence-electron chi connectivity index (χ0n) is 6.98. The third-order valence-electron chi connectivity index (χ3n) is 2.24. The fraction of sp³-hybridized carbons (Fsp3) is 0.600. The molecule has 56 valence electrons. The third-order valence-corrected chi connectivity index (χ3v) is 2.24. The van der Waals surface area contributed by atoms with E-state index in [1.54, 1.807) is 11.1 Å². The Morgan fingerprint density at radius 1 is 1.10 bits per heavy atom. The van der Waals surface area contributed by atoms with Crippen LogP contribution >= 0.6 is 0 Å². The van der Waals surface area contributed by atoms with Crippen molar-refractivity contribution in [3.63, 3.8) is 0 Å². The molecule has 0 radical (unpaired) electrons. The molecule has 0 fully saturated rings. The topological polar surface area (TPSA) is 0 Å². The molecule has 0 atom stereocenters. The van der Waals surface area contributed by atoms with Crippen molar-refractivity contribution in [2.75, 3.05) is 0 Å². The highest BCUT2D eigenvalue weighted by Gasteiger charge is 1.97. The Hall–Kier alpha value is -0.520. The second kappa shape index (κ2) is 3.60. The summed E-state index contributed by atoms with van der Waals surface area (Å²) in [7, 11) is 0. The molecule has 0 heteroatoms. The monoisotopic (exact) mass is 136 g/mol. The Kier molecular flexibility index (Phi) is 2.73. The SMILES string of the molecule is C/C1=C(\C)CCC/C=C\C1. The summed E-state index contributed by atoms with van der Waals surface area (Å²) in [6, 6.07) is 0. The van der Waals surface area contributed by atoms with E-state index >= 15 is 0 Å². The van der Waals surface area contributed by atoms with E-state index in [1.165, 1.54) is 25.7 Å². The number of hydrogen-bond donors (Lipinski definition) is 0. The first kappa shape index (κ1) is 7.59. The first-order valence-corrected chi connectivity index (χ1v) is 4.11. The van der Waals surface area contributed by atoms with Crippen LogP contribution in [0.5, 0.6) is 0 Å². The highest BCUT2D eigenvalue weighted by atomic mass is 14.0. The normalized spacial score (nSPS) is 31.0. The van der Waals surface area contributed by atoms with E-state index in [0.29, 0.717) is 0 Å². The highest BCUT2D eigenvalue weighted by Crippen LogP contribution is 2.17. The molecule has 0 aliphatic heterocycles. The van der Waals surface area contributed by atoms with Crippen molar-refractivity contribution in [2.45, 2.75) is 39.5 Å². The van der Waals surface area contributed by atoms with Crippen LogP contribution in [0.4, 0.5) is 0 Å². The summed E-state index contributed by atoms with van der Waals surface area (Å²) < 4.78 is 0. The minimum atomic E-state index is 1.17. The quantitative estimate of drug-likeness (QED) is 0.447. The van der Waals surface area contributed by atoms with Crippen molar-refractivity contribution in [3.8, 4) is 0 Å². The van der Waals surface area contributed by atoms with Gasteiger partial charge in [-0.1, -0.05) is 23.3 Å². The van der Waals surface area contributed by atoms with Crippen molar-refractivity contribution in [2.24, 2.45) is 0 Å². The van der Waals surface area contributed by atoms with Gasteiger partial charge in [-0.05, 0) is 39.5 Å². The predicted octanol–water partition coefficient (Wildman–Crippen LogP) is 3.45. The van der Waals surface area contributed by atoms with E-state index in [9.17, 15) is 0 Å². The lowest BCUT2D eigenvalue weighted by molar-refractivity contribution is 0.806. The Bertz CT molecular complexity index is 161. The van der Waals surface area contributed by atoms with Crippen LogP contribution in [0.25, 0.3) is 0 Å². The molecule has 0 aromatic carbocycles. The van der Waals surface area contributed by atoms with Crippen LogP contribution in [-0.4, -0.2) is 0 Å². The second-order valence-electron chi connectivity index (χ2n) is 3.13. The number of rotatable bonds is 0. The third kappa shape index (κ3) is 2.02. The molecule has 1 aliphatic carbocycles. The zero-order valence-corrected chi connectivity index (χ0v) is 6.98. The van der Waals surface area contributed by atoms with E-state index in [4.69, 9.17) is 0 Å². The molecule has 0 bridgehead atoms. The molecule has 0 heterocycles. The Morgan fingerprint density at radius 3 is 2.70 bits per heavy atom. The van der Waals surface area contributed by atoms with Crippen LogP contribution in [0.2, 0.25) is 0 Å². The summed E-state index contributed by atoms with van der Waals surface area (Å²) in [5, 5.41) is 0. The lowest BCUT2D eigenvalue weighted by Crippen LogP contribution is -1.87. The fourth-order valence-corrected chi connectivity index (χ4v) is 1.25. The molecule has 0 amide bonds. The van der Waals surface area contributed by atoms with Crippen molar-refractivity contribution in [1.29, 1.82) is 0 Å². The van der Waals surface area contributed by atoms with Gasteiger partial charge in [0.25, 0.3) is 0 Å². The largest absolute Gasteiger partial charge is 0.0882 e. The molecule has 0 nitrogen and oxygen atoms in total. The Balaban J connectivity index is 2.62. The van der Waals surface area contributed by atoms with Crippen LogP contribution in [0.15, 0.2) is 23.3 Å².